The lowest BCUT2D eigenvalue weighted by atomic mass is 10.0. The summed E-state index contributed by atoms with van der Waals surface area (Å²) in [6.45, 7) is 3.57. The van der Waals surface area contributed by atoms with Gasteiger partial charge in [-0.2, -0.15) is 13.2 Å². The maximum Gasteiger partial charge on any atom is 0.436 e. The Morgan fingerprint density at radius 3 is 2.33 bits per heavy atom. The summed E-state index contributed by atoms with van der Waals surface area (Å²) >= 11 is 0. The second-order valence-electron chi connectivity index (χ2n) is 3.97. The van der Waals surface area contributed by atoms with Crippen LogP contribution in [0.15, 0.2) is 29.3 Å². The average molecular weight is 303 g/mol. The third-order valence-electron chi connectivity index (χ3n) is 2.46. The summed E-state index contributed by atoms with van der Waals surface area (Å²) in [6.07, 6.45) is -5.59. The highest BCUT2D eigenvalue weighted by molar-refractivity contribution is 5.89. The number of nitrogens with zero attached hydrogens (tertiary/aromatic N) is 1. The van der Waals surface area contributed by atoms with E-state index in [-0.39, 0.29) is 31.1 Å². The summed E-state index contributed by atoms with van der Waals surface area (Å²) in [7, 11) is 0. The summed E-state index contributed by atoms with van der Waals surface area (Å²) in [5.41, 5.74) is -0.789. The molecule has 0 N–H and O–H groups in total. The van der Waals surface area contributed by atoms with Crippen LogP contribution in [0.3, 0.4) is 0 Å². The fourth-order valence-corrected chi connectivity index (χ4v) is 1.66. The van der Waals surface area contributed by atoms with Gasteiger partial charge in [-0.05, 0) is 25.5 Å². The van der Waals surface area contributed by atoms with Crippen LogP contribution in [0.25, 0.3) is 0 Å². The minimum atomic E-state index is -4.47. The molecule has 0 aliphatic carbocycles. The second-order valence-corrected chi connectivity index (χ2v) is 3.97. The number of amides is 1. The summed E-state index contributed by atoms with van der Waals surface area (Å²) in [4.78, 5) is 14.8. The number of aliphatic imine (C=N–C) groups is 1. The summed E-state index contributed by atoms with van der Waals surface area (Å²) in [6, 6.07) is 5.08. The van der Waals surface area contributed by atoms with Gasteiger partial charge in [0.15, 0.2) is 5.90 Å². The SMILES string of the molecule is CCOC(=O)N=C(Cc1ccccc1C(F)(F)F)OCC. The van der Waals surface area contributed by atoms with Crippen molar-refractivity contribution in [3.8, 4) is 0 Å². The molecule has 0 aromatic heterocycles. The standard InChI is InChI=1S/C14H16F3NO3/c1-3-20-12(18-13(19)21-4-2)9-10-7-5-6-8-11(10)14(15,16)17/h5-8H,3-4,9H2,1-2H3. The Hall–Kier alpha value is -2.05. The van der Waals surface area contributed by atoms with E-state index in [0.29, 0.717) is 0 Å². The first-order chi connectivity index (χ1) is 9.88. The minimum Gasteiger partial charge on any atom is -0.481 e. The molecular formula is C14H16F3NO3. The molecule has 0 bridgehead atoms. The highest BCUT2D eigenvalue weighted by Crippen LogP contribution is 2.32. The first-order valence-electron chi connectivity index (χ1n) is 6.40. The van der Waals surface area contributed by atoms with Crippen molar-refractivity contribution in [1.82, 2.24) is 0 Å². The van der Waals surface area contributed by atoms with Gasteiger partial charge in [0.2, 0.25) is 0 Å². The summed E-state index contributed by atoms with van der Waals surface area (Å²) < 4.78 is 48.4. The topological polar surface area (TPSA) is 47.9 Å². The molecule has 1 rings (SSSR count). The summed E-state index contributed by atoms with van der Waals surface area (Å²) in [5, 5.41) is 0. The van der Waals surface area contributed by atoms with Gasteiger partial charge in [0, 0.05) is 6.42 Å². The van der Waals surface area contributed by atoms with Gasteiger partial charge in [-0.1, -0.05) is 18.2 Å². The molecular weight excluding hydrogens is 287 g/mol. The van der Waals surface area contributed by atoms with Crippen LogP contribution in [0, 0.1) is 0 Å². The predicted molar refractivity (Wildman–Crippen MR) is 71.2 cm³/mol. The van der Waals surface area contributed by atoms with Crippen LogP contribution in [0.5, 0.6) is 0 Å². The molecule has 0 saturated carbocycles. The van der Waals surface area contributed by atoms with Crippen molar-refractivity contribution in [3.05, 3.63) is 35.4 Å². The van der Waals surface area contributed by atoms with Crippen LogP contribution < -0.4 is 0 Å². The Kier molecular flexibility index (Phi) is 6.20. The zero-order chi connectivity index (χ0) is 15.9. The molecule has 116 valence electrons. The molecule has 0 aliphatic heterocycles. The van der Waals surface area contributed by atoms with E-state index in [0.717, 1.165) is 6.07 Å². The third kappa shape index (κ3) is 5.45. The number of hydrogen-bond acceptors (Lipinski definition) is 3. The number of ether oxygens (including phenoxy) is 2. The number of halogens is 3. The van der Waals surface area contributed by atoms with Gasteiger partial charge in [0.1, 0.15) is 0 Å². The van der Waals surface area contributed by atoms with E-state index in [1.807, 2.05) is 0 Å². The van der Waals surface area contributed by atoms with E-state index in [9.17, 15) is 18.0 Å². The van der Waals surface area contributed by atoms with E-state index in [2.05, 4.69) is 9.73 Å². The Bertz CT molecular complexity index is 512. The number of hydrogen-bond donors (Lipinski definition) is 0. The normalized spacial score (nSPS) is 12.1. The van der Waals surface area contributed by atoms with Crippen molar-refractivity contribution in [3.63, 3.8) is 0 Å². The summed E-state index contributed by atoms with van der Waals surface area (Å²) in [5.74, 6) is -0.104. The molecule has 7 heteroatoms. The first-order valence-corrected chi connectivity index (χ1v) is 6.40. The van der Waals surface area contributed by atoms with E-state index in [1.54, 1.807) is 13.8 Å². The largest absolute Gasteiger partial charge is 0.481 e. The van der Waals surface area contributed by atoms with Gasteiger partial charge < -0.3 is 9.47 Å². The number of alkyl halides is 3. The van der Waals surface area contributed by atoms with E-state index in [4.69, 9.17) is 4.74 Å². The van der Waals surface area contributed by atoms with Crippen molar-refractivity contribution in [2.45, 2.75) is 26.4 Å². The highest BCUT2D eigenvalue weighted by Gasteiger charge is 2.33. The van der Waals surface area contributed by atoms with Crippen LogP contribution in [-0.2, 0) is 22.1 Å². The van der Waals surface area contributed by atoms with Gasteiger partial charge in [0.05, 0.1) is 18.8 Å². The molecule has 21 heavy (non-hydrogen) atoms. The zero-order valence-corrected chi connectivity index (χ0v) is 11.7. The number of rotatable bonds is 4. The van der Waals surface area contributed by atoms with Gasteiger partial charge in [-0.15, -0.1) is 4.99 Å². The van der Waals surface area contributed by atoms with Crippen LogP contribution in [-0.4, -0.2) is 25.2 Å². The fourth-order valence-electron chi connectivity index (χ4n) is 1.66. The number of carbonyl (C=O) groups excluding carboxylic acids is 1. The number of benzene rings is 1. The Morgan fingerprint density at radius 2 is 1.76 bits per heavy atom. The minimum absolute atomic E-state index is 0.0125. The number of carbonyl (C=O) groups is 1. The maximum atomic E-state index is 12.9. The predicted octanol–water partition coefficient (Wildman–Crippen LogP) is 3.84. The quantitative estimate of drug-likeness (QED) is 0.627. The highest BCUT2D eigenvalue weighted by atomic mass is 19.4. The van der Waals surface area contributed by atoms with Gasteiger partial charge >= 0.3 is 12.3 Å². The molecule has 4 nitrogen and oxygen atoms in total. The van der Waals surface area contributed by atoms with Gasteiger partial charge in [-0.25, -0.2) is 4.79 Å². The second kappa shape index (κ2) is 7.66. The smallest absolute Gasteiger partial charge is 0.436 e. The first kappa shape index (κ1) is 17.0. The van der Waals surface area contributed by atoms with Gasteiger partial charge in [-0.3, -0.25) is 0 Å². The lowest BCUT2D eigenvalue weighted by molar-refractivity contribution is -0.138. The van der Waals surface area contributed by atoms with Crippen LogP contribution in [0.2, 0.25) is 0 Å². The molecule has 0 unspecified atom stereocenters. The molecule has 0 aliphatic rings. The molecule has 0 radical (unpaired) electrons. The Labute approximate surface area is 120 Å². The molecule has 1 aromatic carbocycles. The molecule has 1 amide bonds. The molecule has 1 aromatic rings. The Balaban J connectivity index is 3.02. The third-order valence-corrected chi connectivity index (χ3v) is 2.46. The van der Waals surface area contributed by atoms with Crippen LogP contribution in [0.4, 0.5) is 18.0 Å². The van der Waals surface area contributed by atoms with Gasteiger partial charge in [0.25, 0.3) is 0 Å². The van der Waals surface area contributed by atoms with Crippen molar-refractivity contribution in [1.29, 1.82) is 0 Å². The molecule has 0 atom stereocenters. The van der Waals surface area contributed by atoms with Crippen LogP contribution >= 0.6 is 0 Å². The monoisotopic (exact) mass is 303 g/mol. The lowest BCUT2D eigenvalue weighted by Gasteiger charge is -2.13. The van der Waals surface area contributed by atoms with E-state index < -0.39 is 17.8 Å². The zero-order valence-electron chi connectivity index (χ0n) is 11.7. The van der Waals surface area contributed by atoms with Crippen molar-refractivity contribution in [2.24, 2.45) is 4.99 Å². The Morgan fingerprint density at radius 1 is 1.14 bits per heavy atom. The van der Waals surface area contributed by atoms with Crippen molar-refractivity contribution in [2.75, 3.05) is 13.2 Å². The molecule has 0 heterocycles. The molecule has 0 fully saturated rings. The van der Waals surface area contributed by atoms with Crippen LogP contribution in [0.1, 0.15) is 25.0 Å². The van der Waals surface area contributed by atoms with Crippen molar-refractivity contribution < 1.29 is 27.4 Å². The van der Waals surface area contributed by atoms with E-state index >= 15 is 0 Å². The lowest BCUT2D eigenvalue weighted by Crippen LogP contribution is -2.16. The maximum absolute atomic E-state index is 12.9. The van der Waals surface area contributed by atoms with E-state index in [1.165, 1.54) is 18.2 Å². The molecule has 0 spiro atoms. The average Bonchev–Trinajstić information content (AvgIpc) is 2.38. The van der Waals surface area contributed by atoms with Crippen molar-refractivity contribution >= 4 is 12.0 Å². The fraction of sp³-hybridized carbons (Fsp3) is 0.429. The molecule has 0 saturated heterocycles.